The molecule has 1 aromatic heterocycles. The number of aliphatic carboxylic acids is 1. The summed E-state index contributed by atoms with van der Waals surface area (Å²) in [7, 11) is 0. The Hall–Kier alpha value is -4.14. The number of hydrogen-bond donors (Lipinski definition) is 3. The highest BCUT2D eigenvalue weighted by Crippen LogP contribution is 2.44. The largest absolute Gasteiger partial charge is 0.480 e. The Kier molecular flexibility index (Phi) is 7.14. The molecule has 0 radical (unpaired) electrons. The van der Waals surface area contributed by atoms with Gasteiger partial charge < -0.3 is 20.5 Å². The van der Waals surface area contributed by atoms with Crippen molar-refractivity contribution in [3.63, 3.8) is 0 Å². The zero-order chi connectivity index (χ0) is 24.9. The Bertz CT molecular complexity index is 1190. The van der Waals surface area contributed by atoms with E-state index in [9.17, 15) is 14.4 Å². The van der Waals surface area contributed by atoms with Crippen LogP contribution in [0.1, 0.15) is 37.3 Å². The van der Waals surface area contributed by atoms with Gasteiger partial charge in [0.25, 0.3) is 0 Å². The fraction of sp³-hybridized carbons (Fsp3) is 0.308. The molecule has 0 fully saturated rings. The molecular weight excluding hydrogens is 448 g/mol. The molecule has 0 spiro atoms. The Morgan fingerprint density at radius 1 is 1.06 bits per heavy atom. The van der Waals surface area contributed by atoms with Gasteiger partial charge in [0.15, 0.2) is 0 Å². The molecule has 4 rings (SSSR count). The summed E-state index contributed by atoms with van der Waals surface area (Å²) in [4.78, 5) is 36.4. The van der Waals surface area contributed by atoms with E-state index in [0.29, 0.717) is 12.1 Å². The molecule has 0 aliphatic heterocycles. The van der Waals surface area contributed by atoms with E-state index in [0.717, 1.165) is 22.3 Å². The van der Waals surface area contributed by atoms with Gasteiger partial charge in [0.05, 0.1) is 11.9 Å². The first kappa shape index (κ1) is 24.0. The number of anilines is 1. The molecule has 0 bridgehead atoms. The van der Waals surface area contributed by atoms with Crippen LogP contribution < -0.4 is 10.6 Å². The first-order valence-electron chi connectivity index (χ1n) is 11.5. The van der Waals surface area contributed by atoms with Crippen LogP contribution in [0.4, 0.5) is 10.5 Å². The van der Waals surface area contributed by atoms with Gasteiger partial charge in [-0.25, -0.2) is 4.79 Å². The van der Waals surface area contributed by atoms with E-state index in [4.69, 9.17) is 9.84 Å². The van der Waals surface area contributed by atoms with E-state index in [1.165, 1.54) is 17.1 Å². The summed E-state index contributed by atoms with van der Waals surface area (Å²) in [5.74, 6) is -1.41. The van der Waals surface area contributed by atoms with E-state index in [1.54, 1.807) is 0 Å². The number of carboxylic acid groups (broad SMARTS) is 1. The lowest BCUT2D eigenvalue weighted by Gasteiger charge is -2.20. The van der Waals surface area contributed by atoms with E-state index in [2.05, 4.69) is 27.9 Å². The third-order valence-electron chi connectivity index (χ3n) is 5.86. The molecule has 9 heteroatoms. The number of nitrogens with zero attached hydrogens (tertiary/aromatic N) is 2. The van der Waals surface area contributed by atoms with Gasteiger partial charge >= 0.3 is 12.1 Å². The third kappa shape index (κ3) is 5.68. The van der Waals surface area contributed by atoms with Crippen molar-refractivity contribution in [2.75, 3.05) is 11.9 Å². The van der Waals surface area contributed by atoms with Gasteiger partial charge in [0.1, 0.15) is 19.2 Å². The monoisotopic (exact) mass is 476 g/mol. The maximum absolute atomic E-state index is 12.9. The lowest BCUT2D eigenvalue weighted by atomic mass is 9.98. The smallest absolute Gasteiger partial charge is 0.407 e. The topological polar surface area (TPSA) is 123 Å². The molecule has 0 unspecified atom stereocenters. The maximum Gasteiger partial charge on any atom is 0.407 e. The van der Waals surface area contributed by atoms with Crippen LogP contribution >= 0.6 is 0 Å². The predicted octanol–water partition coefficient (Wildman–Crippen LogP) is 3.86. The van der Waals surface area contributed by atoms with Gasteiger partial charge in [-0.15, -0.1) is 0 Å². The third-order valence-corrected chi connectivity index (χ3v) is 5.86. The number of nitrogens with one attached hydrogen (secondary N) is 2. The average Bonchev–Trinajstić information content (AvgIpc) is 3.38. The van der Waals surface area contributed by atoms with E-state index in [-0.39, 0.29) is 25.0 Å². The van der Waals surface area contributed by atoms with Crippen LogP contribution in [-0.4, -0.2) is 45.5 Å². The summed E-state index contributed by atoms with van der Waals surface area (Å²) in [6.07, 6.45) is 2.51. The summed E-state index contributed by atoms with van der Waals surface area (Å²) in [5.41, 5.74) is 4.84. The molecule has 0 saturated carbocycles. The maximum atomic E-state index is 12.9. The first-order valence-corrected chi connectivity index (χ1v) is 11.5. The number of rotatable bonds is 9. The van der Waals surface area contributed by atoms with Crippen LogP contribution in [-0.2, 0) is 20.9 Å². The van der Waals surface area contributed by atoms with Crippen molar-refractivity contribution in [2.45, 2.75) is 38.8 Å². The Balaban J connectivity index is 1.40. The molecule has 35 heavy (non-hydrogen) atoms. The van der Waals surface area contributed by atoms with Gasteiger partial charge in [-0.05, 0) is 34.6 Å². The number of carbonyl (C=O) groups is 3. The lowest BCUT2D eigenvalue weighted by molar-refractivity contribution is -0.137. The second-order valence-electron chi connectivity index (χ2n) is 8.96. The number of benzene rings is 2. The highest BCUT2D eigenvalue weighted by Gasteiger charge is 2.30. The quantitative estimate of drug-likeness (QED) is 0.431. The first-order chi connectivity index (χ1) is 16.8. The molecule has 2 aromatic carbocycles. The fourth-order valence-corrected chi connectivity index (χ4v) is 4.37. The van der Waals surface area contributed by atoms with Crippen LogP contribution in [0, 0.1) is 5.92 Å². The van der Waals surface area contributed by atoms with E-state index >= 15 is 0 Å². The second-order valence-corrected chi connectivity index (χ2v) is 8.96. The van der Waals surface area contributed by atoms with Crippen molar-refractivity contribution in [2.24, 2.45) is 5.92 Å². The Morgan fingerprint density at radius 2 is 1.69 bits per heavy atom. The number of carbonyl (C=O) groups excluding carboxylic acids is 2. The number of hydrogen-bond acceptors (Lipinski definition) is 5. The highest BCUT2D eigenvalue weighted by atomic mass is 16.5. The zero-order valence-corrected chi connectivity index (χ0v) is 19.6. The van der Waals surface area contributed by atoms with Gasteiger partial charge in [-0.1, -0.05) is 62.4 Å². The van der Waals surface area contributed by atoms with E-state index < -0.39 is 24.0 Å². The molecule has 1 atom stereocenters. The van der Waals surface area contributed by atoms with Crippen LogP contribution in [0.5, 0.6) is 0 Å². The summed E-state index contributed by atoms with van der Waals surface area (Å²) >= 11 is 0. The molecule has 1 aliphatic rings. The molecule has 9 nitrogen and oxygen atoms in total. The lowest BCUT2D eigenvalue weighted by Crippen LogP contribution is -2.45. The number of ether oxygens (including phenoxy) is 1. The summed E-state index contributed by atoms with van der Waals surface area (Å²) < 4.78 is 6.79. The molecule has 1 aliphatic carbocycles. The summed E-state index contributed by atoms with van der Waals surface area (Å²) in [5, 5.41) is 18.2. The SMILES string of the molecule is CC(C)C[C@@H](NC(=O)OCC1c2ccccc2-c2ccccc21)C(=O)Nc1cnn(CC(=O)O)c1. The van der Waals surface area contributed by atoms with Gasteiger partial charge in [-0.2, -0.15) is 5.10 Å². The Morgan fingerprint density at radius 3 is 2.29 bits per heavy atom. The van der Waals surface area contributed by atoms with Crippen molar-refractivity contribution in [3.05, 3.63) is 72.1 Å². The molecule has 3 aromatic rings. The summed E-state index contributed by atoms with van der Waals surface area (Å²) in [6.45, 7) is 3.73. The molecular formula is C26H28N4O5. The van der Waals surface area contributed by atoms with Crippen molar-refractivity contribution >= 4 is 23.7 Å². The van der Waals surface area contributed by atoms with Gasteiger partial charge in [0.2, 0.25) is 5.91 Å². The number of aromatic nitrogens is 2. The molecule has 2 amide bonds. The zero-order valence-electron chi connectivity index (χ0n) is 19.6. The van der Waals surface area contributed by atoms with Crippen LogP contribution in [0.25, 0.3) is 11.1 Å². The predicted molar refractivity (Wildman–Crippen MR) is 130 cm³/mol. The minimum absolute atomic E-state index is 0.0781. The van der Waals surface area contributed by atoms with Crippen LogP contribution in [0.15, 0.2) is 60.9 Å². The van der Waals surface area contributed by atoms with E-state index in [1.807, 2.05) is 50.2 Å². The molecule has 182 valence electrons. The highest BCUT2D eigenvalue weighted by molar-refractivity contribution is 5.96. The fourth-order valence-electron chi connectivity index (χ4n) is 4.37. The standard InChI is InChI=1S/C26H28N4O5/c1-16(2)11-23(25(33)28-17-12-27-30(13-17)14-24(31)32)29-26(34)35-15-22-20-9-5-3-7-18(20)19-8-4-6-10-21(19)22/h3-10,12-13,16,22-23H,11,14-15H2,1-2H3,(H,28,33)(H,29,34)(H,31,32)/t23-/m1/s1. The van der Waals surface area contributed by atoms with Crippen LogP contribution in [0.3, 0.4) is 0 Å². The van der Waals surface area contributed by atoms with Crippen molar-refractivity contribution in [1.82, 2.24) is 15.1 Å². The van der Waals surface area contributed by atoms with Crippen molar-refractivity contribution in [1.29, 1.82) is 0 Å². The van der Waals surface area contributed by atoms with Crippen molar-refractivity contribution in [3.8, 4) is 11.1 Å². The van der Waals surface area contributed by atoms with Crippen molar-refractivity contribution < 1.29 is 24.2 Å². The number of carboxylic acids is 1. The average molecular weight is 477 g/mol. The van der Waals surface area contributed by atoms with Gasteiger partial charge in [-0.3, -0.25) is 14.3 Å². The van der Waals surface area contributed by atoms with Crippen LogP contribution in [0.2, 0.25) is 0 Å². The normalized spacial score (nSPS) is 13.1. The number of alkyl carbamates (subject to hydrolysis) is 1. The molecule has 3 N–H and O–H groups in total. The minimum atomic E-state index is -1.04. The number of amides is 2. The summed E-state index contributed by atoms with van der Waals surface area (Å²) in [6, 6.07) is 15.3. The number of fused-ring (bicyclic) bond motifs is 3. The molecule has 1 heterocycles. The van der Waals surface area contributed by atoms with Gasteiger partial charge in [0, 0.05) is 12.1 Å². The second kappa shape index (κ2) is 10.4. The Labute approximate surface area is 203 Å². The minimum Gasteiger partial charge on any atom is -0.480 e. The molecule has 0 saturated heterocycles.